The molecule has 8 heteroatoms. The molecule has 0 heterocycles. The van der Waals surface area contributed by atoms with Gasteiger partial charge in [-0.05, 0) is 6.92 Å². The Bertz CT molecular complexity index is 282. The van der Waals surface area contributed by atoms with Crippen molar-refractivity contribution in [3.63, 3.8) is 0 Å². The zero-order valence-electron chi connectivity index (χ0n) is 9.52. The second kappa shape index (κ2) is 8.34. The second-order valence-corrected chi connectivity index (χ2v) is 3.21. The van der Waals surface area contributed by atoms with Gasteiger partial charge in [0.1, 0.15) is 0 Å². The van der Waals surface area contributed by atoms with E-state index in [-0.39, 0.29) is 25.4 Å². The van der Waals surface area contributed by atoms with Crippen LogP contribution in [0.2, 0.25) is 0 Å². The highest BCUT2D eigenvalue weighted by molar-refractivity contribution is 5.83. The number of hydrogen-bond donors (Lipinski definition) is 5. The lowest BCUT2D eigenvalue weighted by molar-refractivity contribution is -0.146. The van der Waals surface area contributed by atoms with Gasteiger partial charge in [0.05, 0.1) is 6.54 Å². The van der Waals surface area contributed by atoms with Crippen molar-refractivity contribution in [1.82, 2.24) is 16.0 Å². The van der Waals surface area contributed by atoms with E-state index in [4.69, 9.17) is 10.2 Å². The van der Waals surface area contributed by atoms with Gasteiger partial charge in [-0.3, -0.25) is 4.79 Å². The number of nitrogens with one attached hydrogen (secondary N) is 3. The van der Waals surface area contributed by atoms with E-state index in [0.29, 0.717) is 6.54 Å². The number of carboxylic acids is 1. The van der Waals surface area contributed by atoms with Gasteiger partial charge in [0.2, 0.25) is 5.91 Å². The van der Waals surface area contributed by atoms with Gasteiger partial charge in [-0.15, -0.1) is 0 Å². The Kier molecular flexibility index (Phi) is 7.44. The number of aliphatic carboxylic acids is 1. The summed E-state index contributed by atoms with van der Waals surface area (Å²) in [6.45, 7) is 2.09. The zero-order valence-corrected chi connectivity index (χ0v) is 9.52. The SMILES string of the molecule is CCNC(=O)CNC(=O)NCC[C@H](O)C(=O)O. The molecule has 0 unspecified atom stereocenters. The zero-order chi connectivity index (χ0) is 13.3. The van der Waals surface area contributed by atoms with Crippen molar-refractivity contribution in [2.45, 2.75) is 19.4 Å². The Balaban J connectivity index is 3.60. The van der Waals surface area contributed by atoms with Crippen molar-refractivity contribution in [3.05, 3.63) is 0 Å². The highest BCUT2D eigenvalue weighted by Gasteiger charge is 2.12. The lowest BCUT2D eigenvalue weighted by Crippen LogP contribution is -2.42. The predicted octanol–water partition coefficient (Wildman–Crippen LogP) is -1.74. The molecular weight excluding hydrogens is 230 g/mol. The quantitative estimate of drug-likeness (QED) is 0.365. The lowest BCUT2D eigenvalue weighted by atomic mass is 10.2. The van der Waals surface area contributed by atoms with Crippen LogP contribution in [0.5, 0.6) is 0 Å². The van der Waals surface area contributed by atoms with Crippen LogP contribution in [0.25, 0.3) is 0 Å². The van der Waals surface area contributed by atoms with Crippen LogP contribution < -0.4 is 16.0 Å². The summed E-state index contributed by atoms with van der Waals surface area (Å²) in [5, 5.41) is 24.3. The molecule has 5 N–H and O–H groups in total. The predicted molar refractivity (Wildman–Crippen MR) is 58.3 cm³/mol. The van der Waals surface area contributed by atoms with Gasteiger partial charge in [0, 0.05) is 19.5 Å². The summed E-state index contributed by atoms with van der Waals surface area (Å²) in [6, 6.07) is -0.589. The molecule has 0 saturated carbocycles. The van der Waals surface area contributed by atoms with E-state index in [9.17, 15) is 14.4 Å². The maximum absolute atomic E-state index is 11.1. The first-order chi connectivity index (χ1) is 7.97. The first-order valence-corrected chi connectivity index (χ1v) is 5.16. The smallest absolute Gasteiger partial charge is 0.332 e. The van der Waals surface area contributed by atoms with Crippen molar-refractivity contribution >= 4 is 17.9 Å². The van der Waals surface area contributed by atoms with E-state index in [0.717, 1.165) is 0 Å². The van der Waals surface area contributed by atoms with Gasteiger partial charge in [-0.2, -0.15) is 0 Å². The summed E-state index contributed by atoms with van der Waals surface area (Å²) in [4.78, 5) is 32.3. The Morgan fingerprint density at radius 1 is 1.18 bits per heavy atom. The largest absolute Gasteiger partial charge is 0.479 e. The normalized spacial score (nSPS) is 11.4. The fourth-order valence-corrected chi connectivity index (χ4v) is 0.929. The molecule has 0 fully saturated rings. The van der Waals surface area contributed by atoms with E-state index in [1.807, 2.05) is 0 Å². The van der Waals surface area contributed by atoms with Crippen LogP contribution in [0.15, 0.2) is 0 Å². The lowest BCUT2D eigenvalue weighted by Gasteiger charge is -2.08. The molecule has 0 aliphatic carbocycles. The summed E-state index contributed by atoms with van der Waals surface area (Å²) in [7, 11) is 0. The van der Waals surface area contributed by atoms with Gasteiger partial charge in [0.25, 0.3) is 0 Å². The molecule has 0 saturated heterocycles. The molecule has 0 aromatic carbocycles. The standard InChI is InChI=1S/C9H17N3O5/c1-2-10-7(14)5-12-9(17)11-4-3-6(13)8(15)16/h6,13H,2-5H2,1H3,(H,10,14)(H,15,16)(H2,11,12,17)/t6-/m0/s1. The molecule has 3 amide bonds. The van der Waals surface area contributed by atoms with Crippen LogP contribution in [0.4, 0.5) is 4.79 Å². The number of rotatable bonds is 7. The third-order valence-electron chi connectivity index (χ3n) is 1.77. The van der Waals surface area contributed by atoms with Crippen molar-refractivity contribution in [1.29, 1.82) is 0 Å². The van der Waals surface area contributed by atoms with E-state index in [1.54, 1.807) is 6.92 Å². The van der Waals surface area contributed by atoms with Gasteiger partial charge >= 0.3 is 12.0 Å². The molecule has 1 atom stereocenters. The first-order valence-electron chi connectivity index (χ1n) is 5.16. The first kappa shape index (κ1) is 15.2. The molecule has 0 aliphatic rings. The average Bonchev–Trinajstić information content (AvgIpc) is 2.26. The maximum Gasteiger partial charge on any atom is 0.332 e. The Labute approximate surface area is 98.4 Å². The molecule has 0 radical (unpaired) electrons. The van der Waals surface area contributed by atoms with Crippen molar-refractivity contribution < 1.29 is 24.6 Å². The van der Waals surface area contributed by atoms with Crippen LogP contribution in [0, 0.1) is 0 Å². The van der Waals surface area contributed by atoms with E-state index < -0.39 is 18.1 Å². The molecule has 0 bridgehead atoms. The molecule has 8 nitrogen and oxygen atoms in total. The number of likely N-dealkylation sites (N-methyl/N-ethyl adjacent to an activating group) is 1. The number of carbonyl (C=O) groups excluding carboxylic acids is 2. The highest BCUT2D eigenvalue weighted by Crippen LogP contribution is 1.88. The minimum Gasteiger partial charge on any atom is -0.479 e. The van der Waals surface area contributed by atoms with Crippen LogP contribution in [-0.4, -0.2) is 53.9 Å². The molecular formula is C9H17N3O5. The number of amides is 3. The highest BCUT2D eigenvalue weighted by atomic mass is 16.4. The summed E-state index contributed by atoms with van der Waals surface area (Å²) in [5.74, 6) is -1.65. The van der Waals surface area contributed by atoms with Crippen LogP contribution in [-0.2, 0) is 9.59 Å². The minimum atomic E-state index is -1.50. The Hall–Kier alpha value is -1.83. The summed E-state index contributed by atoms with van der Waals surface area (Å²) >= 11 is 0. The number of hydrogen-bond acceptors (Lipinski definition) is 4. The van der Waals surface area contributed by atoms with Gasteiger partial charge in [-0.25, -0.2) is 9.59 Å². The van der Waals surface area contributed by atoms with E-state index >= 15 is 0 Å². The van der Waals surface area contributed by atoms with Crippen molar-refractivity contribution in [2.75, 3.05) is 19.6 Å². The molecule has 0 spiro atoms. The third kappa shape index (κ3) is 8.03. The summed E-state index contributed by atoms with van der Waals surface area (Å²) < 4.78 is 0. The topological polar surface area (TPSA) is 128 Å². The number of carboxylic acid groups (broad SMARTS) is 1. The molecule has 98 valence electrons. The third-order valence-corrected chi connectivity index (χ3v) is 1.77. The van der Waals surface area contributed by atoms with Crippen molar-refractivity contribution in [2.24, 2.45) is 0 Å². The van der Waals surface area contributed by atoms with Crippen LogP contribution >= 0.6 is 0 Å². The Morgan fingerprint density at radius 3 is 2.35 bits per heavy atom. The minimum absolute atomic E-state index is 0.00863. The van der Waals surface area contributed by atoms with Crippen LogP contribution in [0.3, 0.4) is 0 Å². The second-order valence-electron chi connectivity index (χ2n) is 3.21. The van der Waals surface area contributed by atoms with Gasteiger partial charge in [0.15, 0.2) is 6.10 Å². The number of carbonyl (C=O) groups is 3. The van der Waals surface area contributed by atoms with Gasteiger partial charge < -0.3 is 26.2 Å². The van der Waals surface area contributed by atoms with E-state index in [2.05, 4.69) is 16.0 Å². The summed E-state index contributed by atoms with van der Waals surface area (Å²) in [5.41, 5.74) is 0. The molecule has 0 aliphatic heterocycles. The molecule has 0 aromatic heterocycles. The van der Waals surface area contributed by atoms with Crippen molar-refractivity contribution in [3.8, 4) is 0 Å². The number of urea groups is 1. The average molecular weight is 247 g/mol. The number of aliphatic hydroxyl groups excluding tert-OH is 1. The maximum atomic E-state index is 11.1. The van der Waals surface area contributed by atoms with Gasteiger partial charge in [-0.1, -0.05) is 0 Å². The molecule has 0 rings (SSSR count). The van der Waals surface area contributed by atoms with E-state index in [1.165, 1.54) is 0 Å². The molecule has 17 heavy (non-hydrogen) atoms. The van der Waals surface area contributed by atoms with Crippen LogP contribution in [0.1, 0.15) is 13.3 Å². The fraction of sp³-hybridized carbons (Fsp3) is 0.667. The monoisotopic (exact) mass is 247 g/mol. The summed E-state index contributed by atoms with van der Waals surface area (Å²) in [6.07, 6.45) is -1.59. The fourth-order valence-electron chi connectivity index (χ4n) is 0.929. The molecule has 0 aromatic rings. The number of aliphatic hydroxyl groups is 1. The Morgan fingerprint density at radius 2 is 1.82 bits per heavy atom.